The number of benzene rings is 1. The van der Waals surface area contributed by atoms with E-state index < -0.39 is 0 Å². The highest BCUT2D eigenvalue weighted by Crippen LogP contribution is 2.29. The number of hydrogen-bond donors (Lipinski definition) is 2. The lowest BCUT2D eigenvalue weighted by Crippen LogP contribution is -2.51. The summed E-state index contributed by atoms with van der Waals surface area (Å²) in [5.74, 6) is 1.82. The van der Waals surface area contributed by atoms with Gasteiger partial charge in [0.1, 0.15) is 5.75 Å². The van der Waals surface area contributed by atoms with Crippen LogP contribution in [-0.4, -0.2) is 50.3 Å². The standard InChI is InChI=1S/C23H33N5O/c1-4-24-23(25-14-13-19-12-11-18(2)26-16-19)27-20-8-7-15-28(17-20)21-9-5-6-10-22(21)29-3/h5-6,9-12,16,20H,4,7-8,13-15,17H2,1-3H3,(H2,24,25,27). The Morgan fingerprint density at radius 2 is 2.14 bits per heavy atom. The van der Waals surface area contributed by atoms with Gasteiger partial charge in [-0.1, -0.05) is 18.2 Å². The van der Waals surface area contributed by atoms with Gasteiger partial charge in [0.15, 0.2) is 5.96 Å². The molecule has 3 rings (SSSR count). The number of aliphatic imine (C=N–C) groups is 1. The van der Waals surface area contributed by atoms with E-state index in [9.17, 15) is 0 Å². The molecule has 29 heavy (non-hydrogen) atoms. The van der Waals surface area contributed by atoms with Crippen LogP contribution in [0.5, 0.6) is 5.75 Å². The van der Waals surface area contributed by atoms with Gasteiger partial charge in [-0.2, -0.15) is 0 Å². The van der Waals surface area contributed by atoms with E-state index in [4.69, 9.17) is 9.73 Å². The summed E-state index contributed by atoms with van der Waals surface area (Å²) in [7, 11) is 1.73. The Morgan fingerprint density at radius 3 is 2.90 bits per heavy atom. The average molecular weight is 396 g/mol. The second kappa shape index (κ2) is 10.7. The Hall–Kier alpha value is -2.76. The maximum atomic E-state index is 5.55. The van der Waals surface area contributed by atoms with Gasteiger partial charge in [0.25, 0.3) is 0 Å². The van der Waals surface area contributed by atoms with Gasteiger partial charge in [0.2, 0.25) is 0 Å². The van der Waals surface area contributed by atoms with Crippen molar-refractivity contribution in [3.63, 3.8) is 0 Å². The van der Waals surface area contributed by atoms with E-state index in [1.54, 1.807) is 7.11 Å². The molecule has 1 aliphatic heterocycles. The van der Waals surface area contributed by atoms with Crippen LogP contribution < -0.4 is 20.3 Å². The van der Waals surface area contributed by atoms with Crippen LogP contribution in [-0.2, 0) is 6.42 Å². The minimum absolute atomic E-state index is 0.354. The molecule has 2 N–H and O–H groups in total. The molecule has 0 saturated carbocycles. The highest BCUT2D eigenvalue weighted by molar-refractivity contribution is 5.80. The molecule has 0 aliphatic carbocycles. The second-order valence-electron chi connectivity index (χ2n) is 7.42. The zero-order valence-corrected chi connectivity index (χ0v) is 17.8. The second-order valence-corrected chi connectivity index (χ2v) is 7.42. The fourth-order valence-corrected chi connectivity index (χ4v) is 3.66. The smallest absolute Gasteiger partial charge is 0.191 e. The van der Waals surface area contributed by atoms with Gasteiger partial charge in [-0.05, 0) is 56.9 Å². The van der Waals surface area contributed by atoms with E-state index in [1.165, 1.54) is 5.56 Å². The van der Waals surface area contributed by atoms with Crippen LogP contribution in [0.1, 0.15) is 31.0 Å². The third-order valence-corrected chi connectivity index (χ3v) is 5.18. The lowest BCUT2D eigenvalue weighted by atomic mass is 10.0. The van der Waals surface area contributed by atoms with Gasteiger partial charge >= 0.3 is 0 Å². The number of nitrogens with zero attached hydrogens (tertiary/aromatic N) is 3. The number of rotatable bonds is 7. The highest BCUT2D eigenvalue weighted by atomic mass is 16.5. The fourth-order valence-electron chi connectivity index (χ4n) is 3.66. The summed E-state index contributed by atoms with van der Waals surface area (Å²) in [5.41, 5.74) is 3.43. The van der Waals surface area contributed by atoms with Crippen molar-refractivity contribution in [1.29, 1.82) is 0 Å². The molecule has 1 aromatic heterocycles. The summed E-state index contributed by atoms with van der Waals surface area (Å²) in [6.07, 6.45) is 5.11. The SMILES string of the molecule is CCNC(=NCCc1ccc(C)nc1)NC1CCCN(c2ccccc2OC)C1. The van der Waals surface area contributed by atoms with E-state index >= 15 is 0 Å². The molecule has 2 heterocycles. The monoisotopic (exact) mass is 395 g/mol. The number of para-hydroxylation sites is 2. The van der Waals surface area contributed by atoms with Crippen molar-refractivity contribution in [3.05, 3.63) is 53.9 Å². The summed E-state index contributed by atoms with van der Waals surface area (Å²) in [6, 6.07) is 12.8. The lowest BCUT2D eigenvalue weighted by molar-refractivity contribution is 0.408. The number of aromatic nitrogens is 1. The summed E-state index contributed by atoms with van der Waals surface area (Å²) in [6.45, 7) is 7.68. The summed E-state index contributed by atoms with van der Waals surface area (Å²) < 4.78 is 5.55. The molecule has 2 aromatic rings. The quantitative estimate of drug-likeness (QED) is 0.557. The Labute approximate surface area is 174 Å². The van der Waals surface area contributed by atoms with Crippen molar-refractivity contribution < 1.29 is 4.74 Å². The van der Waals surface area contributed by atoms with Gasteiger partial charge in [-0.3, -0.25) is 9.98 Å². The first-order valence-electron chi connectivity index (χ1n) is 10.5. The maximum absolute atomic E-state index is 5.55. The molecule has 6 nitrogen and oxygen atoms in total. The van der Waals surface area contributed by atoms with Crippen molar-refractivity contribution in [2.24, 2.45) is 4.99 Å². The molecule has 0 spiro atoms. The predicted octanol–water partition coefficient (Wildman–Crippen LogP) is 3.17. The van der Waals surface area contributed by atoms with Crippen LogP contribution in [0.15, 0.2) is 47.6 Å². The first-order chi connectivity index (χ1) is 14.2. The largest absolute Gasteiger partial charge is 0.495 e. The summed E-state index contributed by atoms with van der Waals surface area (Å²) >= 11 is 0. The molecule has 1 atom stereocenters. The Kier molecular flexibility index (Phi) is 7.73. The number of piperidine rings is 1. The molecular weight excluding hydrogens is 362 g/mol. The number of pyridine rings is 1. The third kappa shape index (κ3) is 6.11. The molecule has 156 valence electrons. The van der Waals surface area contributed by atoms with E-state index in [0.717, 1.165) is 68.5 Å². The first-order valence-corrected chi connectivity index (χ1v) is 10.5. The maximum Gasteiger partial charge on any atom is 0.191 e. The van der Waals surface area contributed by atoms with Crippen molar-refractivity contribution in [2.45, 2.75) is 39.2 Å². The Bertz CT molecular complexity index is 790. The molecule has 6 heteroatoms. The third-order valence-electron chi connectivity index (χ3n) is 5.18. The van der Waals surface area contributed by atoms with Gasteiger partial charge in [-0.25, -0.2) is 0 Å². The average Bonchev–Trinajstić information content (AvgIpc) is 2.75. The molecule has 0 bridgehead atoms. The van der Waals surface area contributed by atoms with Gasteiger partial charge in [-0.15, -0.1) is 0 Å². The zero-order valence-electron chi connectivity index (χ0n) is 17.8. The number of methoxy groups -OCH3 is 1. The minimum atomic E-state index is 0.354. The van der Waals surface area contributed by atoms with Gasteiger partial charge in [0.05, 0.1) is 12.8 Å². The molecule has 0 radical (unpaired) electrons. The topological polar surface area (TPSA) is 61.8 Å². The number of hydrogen-bond acceptors (Lipinski definition) is 4. The normalized spacial score (nSPS) is 17.1. The molecule has 1 aromatic carbocycles. The molecule has 0 amide bonds. The Balaban J connectivity index is 1.59. The predicted molar refractivity (Wildman–Crippen MR) is 120 cm³/mol. The van der Waals surface area contributed by atoms with Crippen LogP contribution in [0.25, 0.3) is 0 Å². The van der Waals surface area contributed by atoms with Gasteiger partial charge < -0.3 is 20.3 Å². The van der Waals surface area contributed by atoms with E-state index in [-0.39, 0.29) is 0 Å². The number of ether oxygens (including phenoxy) is 1. The van der Waals surface area contributed by atoms with Crippen LogP contribution in [0.2, 0.25) is 0 Å². The van der Waals surface area contributed by atoms with E-state index in [1.807, 2.05) is 25.3 Å². The number of aryl methyl sites for hydroxylation is 1. The van der Waals surface area contributed by atoms with Crippen molar-refractivity contribution in [2.75, 3.05) is 38.2 Å². The van der Waals surface area contributed by atoms with E-state index in [2.05, 4.69) is 51.7 Å². The van der Waals surface area contributed by atoms with E-state index in [0.29, 0.717) is 6.04 Å². The number of anilines is 1. The molecule has 1 fully saturated rings. The highest BCUT2D eigenvalue weighted by Gasteiger charge is 2.22. The van der Waals surface area contributed by atoms with Crippen LogP contribution >= 0.6 is 0 Å². The van der Waals surface area contributed by atoms with Crippen LogP contribution in [0.3, 0.4) is 0 Å². The molecule has 1 aliphatic rings. The summed E-state index contributed by atoms with van der Waals surface area (Å²) in [4.78, 5) is 11.5. The zero-order chi connectivity index (χ0) is 20.5. The van der Waals surface area contributed by atoms with Crippen molar-refractivity contribution in [3.8, 4) is 5.75 Å². The first kappa shape index (κ1) is 21.0. The fraction of sp³-hybridized carbons (Fsp3) is 0.478. The minimum Gasteiger partial charge on any atom is -0.495 e. The van der Waals surface area contributed by atoms with Gasteiger partial charge in [0, 0.05) is 44.1 Å². The molecule has 1 unspecified atom stereocenters. The summed E-state index contributed by atoms with van der Waals surface area (Å²) in [5, 5.41) is 7.01. The van der Waals surface area contributed by atoms with Crippen LogP contribution in [0, 0.1) is 6.92 Å². The van der Waals surface area contributed by atoms with Crippen molar-refractivity contribution >= 4 is 11.6 Å². The lowest BCUT2D eigenvalue weighted by Gasteiger charge is -2.36. The number of nitrogens with one attached hydrogen (secondary N) is 2. The van der Waals surface area contributed by atoms with Crippen molar-refractivity contribution in [1.82, 2.24) is 15.6 Å². The molecule has 1 saturated heterocycles. The Morgan fingerprint density at radius 1 is 1.28 bits per heavy atom. The number of guanidine groups is 1. The van der Waals surface area contributed by atoms with Crippen LogP contribution in [0.4, 0.5) is 5.69 Å². The molecular formula is C23H33N5O.